The lowest BCUT2D eigenvalue weighted by Gasteiger charge is -2.26. The van der Waals surface area contributed by atoms with Crippen LogP contribution in [0.1, 0.15) is 0 Å². The monoisotopic (exact) mass is 765 g/mol. The Kier molecular flexibility index (Phi) is 8.87. The third-order valence-corrected chi connectivity index (χ3v) is 11.7. The fourth-order valence-electron chi connectivity index (χ4n) is 8.67. The number of nitrogens with zero attached hydrogens (tertiary/aromatic N) is 1. The molecule has 2 nitrogen and oxygen atoms in total. The van der Waals surface area contributed by atoms with Crippen LogP contribution in [0.15, 0.2) is 241 Å². The van der Waals surface area contributed by atoms with E-state index in [1.807, 2.05) is 12.1 Å². The number of para-hydroxylation sites is 1. The summed E-state index contributed by atoms with van der Waals surface area (Å²) in [4.78, 5) is 2.35. The molecule has 0 saturated heterocycles. The Labute approximate surface area is 349 Å². The lowest BCUT2D eigenvalue weighted by molar-refractivity contribution is 0.632. The predicted molar refractivity (Wildman–Crippen MR) is 253 cm³/mol. The molecule has 0 spiro atoms. The Balaban J connectivity index is 0.931. The molecule has 0 bridgehead atoms. The number of hydrogen-bond acceptors (Lipinski definition) is 2. The molecule has 0 unspecified atom stereocenters. The fourth-order valence-corrected chi connectivity index (χ4v) is 8.67. The number of furan rings is 1. The van der Waals surface area contributed by atoms with Crippen LogP contribution in [0, 0.1) is 0 Å². The minimum absolute atomic E-state index is 0.882. The quantitative estimate of drug-likeness (QED) is 0.153. The molecule has 0 N–H and O–H groups in total. The zero-order valence-corrected chi connectivity index (χ0v) is 32.9. The summed E-state index contributed by atoms with van der Waals surface area (Å²) in [5.74, 6) is 0.882. The van der Waals surface area contributed by atoms with Gasteiger partial charge in [-0.1, -0.05) is 188 Å². The maximum Gasteiger partial charge on any atom is 0.143 e. The van der Waals surface area contributed by atoms with E-state index in [-0.39, 0.29) is 0 Å². The summed E-state index contributed by atoms with van der Waals surface area (Å²) in [6, 6.07) is 84.7. The maximum atomic E-state index is 6.58. The Morgan fingerprint density at radius 1 is 0.283 bits per heavy atom. The first-order valence-electron chi connectivity index (χ1n) is 20.5. The number of anilines is 3. The highest BCUT2D eigenvalue weighted by molar-refractivity contribution is 6.02. The summed E-state index contributed by atoms with van der Waals surface area (Å²) < 4.78 is 6.58. The molecule has 0 aliphatic heterocycles. The first kappa shape index (κ1) is 35.2. The van der Waals surface area contributed by atoms with Gasteiger partial charge in [-0.3, -0.25) is 0 Å². The van der Waals surface area contributed by atoms with Crippen molar-refractivity contribution >= 4 is 49.6 Å². The molecule has 1 heterocycles. The predicted octanol–water partition coefficient (Wildman–Crippen LogP) is 16.5. The normalized spacial score (nSPS) is 11.3. The summed E-state index contributed by atoms with van der Waals surface area (Å²) in [5, 5.41) is 6.07. The zero-order valence-electron chi connectivity index (χ0n) is 32.9. The first-order valence-corrected chi connectivity index (χ1v) is 20.5. The Morgan fingerprint density at radius 2 is 0.800 bits per heavy atom. The van der Waals surface area contributed by atoms with Crippen LogP contribution in [0.2, 0.25) is 0 Å². The van der Waals surface area contributed by atoms with Crippen molar-refractivity contribution in [1.29, 1.82) is 0 Å². The molecule has 0 atom stereocenters. The molecule has 60 heavy (non-hydrogen) atoms. The van der Waals surface area contributed by atoms with E-state index in [0.717, 1.165) is 61.6 Å². The van der Waals surface area contributed by atoms with Gasteiger partial charge in [-0.15, -0.1) is 0 Å². The average molecular weight is 766 g/mol. The van der Waals surface area contributed by atoms with Crippen molar-refractivity contribution in [3.8, 4) is 55.8 Å². The minimum Gasteiger partial charge on any atom is -0.455 e. The largest absolute Gasteiger partial charge is 0.455 e. The van der Waals surface area contributed by atoms with E-state index < -0.39 is 0 Å². The van der Waals surface area contributed by atoms with Gasteiger partial charge in [-0.05, 0) is 109 Å². The Morgan fingerprint density at radius 3 is 1.55 bits per heavy atom. The molecule has 0 aliphatic carbocycles. The van der Waals surface area contributed by atoms with Crippen LogP contribution in [-0.4, -0.2) is 0 Å². The standard InChI is InChI=1S/C58H39NO/c1-2-14-46(15-3-1)57-55-21-8-9-23-56(55)60-58(57)49-19-10-18-47(38-49)43-30-35-51(36-31-43)59(52-37-32-40-12-4-5-16-48(40)39-52)50-33-28-42(29-34-50)41-24-26-45(27-25-41)54-22-11-17-44-13-6-7-20-53(44)54/h1-39H. The van der Waals surface area contributed by atoms with Crippen molar-refractivity contribution in [2.75, 3.05) is 4.90 Å². The second-order valence-electron chi connectivity index (χ2n) is 15.3. The third-order valence-electron chi connectivity index (χ3n) is 11.7. The van der Waals surface area contributed by atoms with Crippen LogP contribution in [0.5, 0.6) is 0 Å². The smallest absolute Gasteiger partial charge is 0.143 e. The van der Waals surface area contributed by atoms with Gasteiger partial charge in [0.05, 0.1) is 0 Å². The van der Waals surface area contributed by atoms with Gasteiger partial charge in [0, 0.05) is 33.6 Å². The van der Waals surface area contributed by atoms with Crippen molar-refractivity contribution in [2.24, 2.45) is 0 Å². The molecule has 0 saturated carbocycles. The van der Waals surface area contributed by atoms with Crippen LogP contribution in [0.25, 0.3) is 88.3 Å². The summed E-state index contributed by atoms with van der Waals surface area (Å²) in [7, 11) is 0. The summed E-state index contributed by atoms with van der Waals surface area (Å²) >= 11 is 0. The zero-order chi connectivity index (χ0) is 39.8. The van der Waals surface area contributed by atoms with Crippen molar-refractivity contribution in [1.82, 2.24) is 0 Å². The summed E-state index contributed by atoms with van der Waals surface area (Å²) in [6.07, 6.45) is 0. The molecule has 10 aromatic carbocycles. The van der Waals surface area contributed by atoms with Crippen molar-refractivity contribution < 1.29 is 4.42 Å². The molecule has 0 radical (unpaired) electrons. The van der Waals surface area contributed by atoms with Gasteiger partial charge < -0.3 is 9.32 Å². The van der Waals surface area contributed by atoms with E-state index >= 15 is 0 Å². The highest BCUT2D eigenvalue weighted by Crippen LogP contribution is 2.43. The Bertz CT molecular complexity index is 3280. The molecule has 282 valence electrons. The van der Waals surface area contributed by atoms with Crippen molar-refractivity contribution in [3.63, 3.8) is 0 Å². The molecule has 0 aliphatic rings. The molecule has 11 rings (SSSR count). The van der Waals surface area contributed by atoms with E-state index in [1.165, 1.54) is 43.8 Å². The van der Waals surface area contributed by atoms with Crippen LogP contribution < -0.4 is 4.90 Å². The van der Waals surface area contributed by atoms with E-state index in [4.69, 9.17) is 4.42 Å². The molecular formula is C58H39NO. The number of rotatable bonds is 8. The van der Waals surface area contributed by atoms with E-state index in [0.29, 0.717) is 0 Å². The van der Waals surface area contributed by atoms with Crippen molar-refractivity contribution in [2.45, 2.75) is 0 Å². The topological polar surface area (TPSA) is 16.4 Å². The molecule has 0 amide bonds. The fraction of sp³-hybridized carbons (Fsp3) is 0. The van der Waals surface area contributed by atoms with E-state index in [2.05, 4.69) is 229 Å². The van der Waals surface area contributed by atoms with Crippen LogP contribution in [-0.2, 0) is 0 Å². The van der Waals surface area contributed by atoms with E-state index in [1.54, 1.807) is 0 Å². The maximum absolute atomic E-state index is 6.58. The van der Waals surface area contributed by atoms with Gasteiger partial charge in [0.25, 0.3) is 0 Å². The molecule has 1 aromatic heterocycles. The van der Waals surface area contributed by atoms with Crippen molar-refractivity contribution in [3.05, 3.63) is 237 Å². The van der Waals surface area contributed by atoms with Crippen LogP contribution in [0.3, 0.4) is 0 Å². The highest BCUT2D eigenvalue weighted by Gasteiger charge is 2.19. The van der Waals surface area contributed by atoms with E-state index in [9.17, 15) is 0 Å². The summed E-state index contributed by atoms with van der Waals surface area (Å²) in [5.41, 5.74) is 14.6. The molecule has 0 fully saturated rings. The average Bonchev–Trinajstić information content (AvgIpc) is 3.72. The molecule has 11 aromatic rings. The van der Waals surface area contributed by atoms with Gasteiger partial charge in [-0.2, -0.15) is 0 Å². The highest BCUT2D eigenvalue weighted by atomic mass is 16.3. The number of fused-ring (bicyclic) bond motifs is 3. The third kappa shape index (κ3) is 6.51. The lowest BCUT2D eigenvalue weighted by Crippen LogP contribution is -2.09. The van der Waals surface area contributed by atoms with Crippen LogP contribution in [0.4, 0.5) is 17.1 Å². The summed E-state index contributed by atoms with van der Waals surface area (Å²) in [6.45, 7) is 0. The van der Waals surface area contributed by atoms with Gasteiger partial charge in [0.15, 0.2) is 0 Å². The second-order valence-corrected chi connectivity index (χ2v) is 15.3. The Hall–Kier alpha value is -7.94. The van der Waals surface area contributed by atoms with Gasteiger partial charge in [0.2, 0.25) is 0 Å². The molecular weight excluding hydrogens is 727 g/mol. The number of hydrogen-bond donors (Lipinski definition) is 0. The lowest BCUT2D eigenvalue weighted by atomic mass is 9.96. The minimum atomic E-state index is 0.882. The SMILES string of the molecule is c1ccc(-c2c(-c3cccc(-c4ccc(N(c5ccc(-c6ccc(-c7cccc8ccccc78)cc6)cc5)c5ccc6ccccc6c5)cc4)c3)oc3ccccc23)cc1. The van der Waals surface area contributed by atoms with Crippen LogP contribution >= 0.6 is 0 Å². The first-order chi connectivity index (χ1) is 29.7. The molecule has 2 heteroatoms. The van der Waals surface area contributed by atoms with Gasteiger partial charge >= 0.3 is 0 Å². The van der Waals surface area contributed by atoms with Gasteiger partial charge in [0.1, 0.15) is 11.3 Å². The number of benzene rings is 10. The van der Waals surface area contributed by atoms with Gasteiger partial charge in [-0.25, -0.2) is 0 Å². The second kappa shape index (κ2) is 15.1.